The maximum absolute atomic E-state index is 12.9. The third-order valence-electron chi connectivity index (χ3n) is 4.77. The number of sulfonamides is 1. The smallest absolute Gasteiger partial charge is 0.258 e. The normalized spacial score (nSPS) is 15.3. The van der Waals surface area contributed by atoms with Crippen molar-refractivity contribution in [2.45, 2.75) is 44.0 Å². The molecule has 0 fully saturated rings. The van der Waals surface area contributed by atoms with Crippen LogP contribution in [0.3, 0.4) is 0 Å². The third kappa shape index (κ3) is 4.34. The average Bonchev–Trinajstić information content (AvgIpc) is 2.66. The fraction of sp³-hybridized carbons (Fsp3) is 0.350. The lowest BCUT2D eigenvalue weighted by molar-refractivity contribution is 0.0985. The molecule has 1 N–H and O–H groups in total. The van der Waals surface area contributed by atoms with E-state index in [0.717, 1.165) is 24.1 Å². The summed E-state index contributed by atoms with van der Waals surface area (Å²) in [6.45, 7) is 4.36. The second-order valence-electron chi connectivity index (χ2n) is 6.79. The number of fused-ring (bicyclic) bond motifs is 1. The fourth-order valence-electron chi connectivity index (χ4n) is 3.15. The number of hydrogen-bond acceptors (Lipinski definition) is 3. The molecule has 144 valence electrons. The maximum atomic E-state index is 12.9. The predicted octanol–water partition coefficient (Wildman–Crippen LogP) is 4.01. The summed E-state index contributed by atoms with van der Waals surface area (Å²) in [5.74, 6) is -0.133. The summed E-state index contributed by atoms with van der Waals surface area (Å²) in [6, 6.07) is 11.7. The van der Waals surface area contributed by atoms with Gasteiger partial charge in [-0.25, -0.2) is 13.1 Å². The lowest BCUT2D eigenvalue weighted by Crippen LogP contribution is -2.36. The molecule has 0 aliphatic carbocycles. The molecule has 1 heterocycles. The van der Waals surface area contributed by atoms with Crippen molar-refractivity contribution < 1.29 is 13.2 Å². The van der Waals surface area contributed by atoms with Crippen LogP contribution in [0.2, 0.25) is 5.02 Å². The number of anilines is 1. The minimum Gasteiger partial charge on any atom is -0.308 e. The van der Waals surface area contributed by atoms with Gasteiger partial charge in [0.1, 0.15) is 0 Å². The van der Waals surface area contributed by atoms with E-state index >= 15 is 0 Å². The van der Waals surface area contributed by atoms with Crippen LogP contribution >= 0.6 is 11.6 Å². The molecule has 0 saturated carbocycles. The van der Waals surface area contributed by atoms with Gasteiger partial charge < -0.3 is 4.90 Å². The Kier molecular flexibility index (Phi) is 5.89. The number of benzene rings is 2. The van der Waals surface area contributed by atoms with Crippen molar-refractivity contribution in [1.82, 2.24) is 4.72 Å². The standard InChI is InChI=1S/C20H23ClN2O3S/c1-3-14(2)22-27(25,26)18-9-10-19-15(13-18)7-5-11-23(19)20(24)16-6-4-8-17(21)12-16/h4,6,8-10,12-14,22H,3,5,7,11H2,1-2H3/t14-/m1/s1. The number of nitrogens with one attached hydrogen (secondary N) is 1. The summed E-state index contributed by atoms with van der Waals surface area (Å²) < 4.78 is 27.8. The van der Waals surface area contributed by atoms with Gasteiger partial charge in [0.25, 0.3) is 5.91 Å². The number of carbonyl (C=O) groups excluding carboxylic acids is 1. The van der Waals surface area contributed by atoms with Crippen molar-refractivity contribution >= 4 is 33.2 Å². The van der Waals surface area contributed by atoms with Crippen LogP contribution in [0.4, 0.5) is 5.69 Å². The molecule has 2 aromatic carbocycles. The predicted molar refractivity (Wildman–Crippen MR) is 108 cm³/mol. The summed E-state index contributed by atoms with van der Waals surface area (Å²) in [5.41, 5.74) is 2.14. The lowest BCUT2D eigenvalue weighted by Gasteiger charge is -2.30. The minimum atomic E-state index is -3.57. The van der Waals surface area contributed by atoms with E-state index in [1.807, 2.05) is 13.8 Å². The highest BCUT2D eigenvalue weighted by atomic mass is 35.5. The molecular formula is C20H23ClN2O3S. The summed E-state index contributed by atoms with van der Waals surface area (Å²) in [7, 11) is -3.57. The zero-order valence-corrected chi connectivity index (χ0v) is 17.0. The number of aryl methyl sites for hydroxylation is 1. The number of amides is 1. The highest BCUT2D eigenvalue weighted by molar-refractivity contribution is 7.89. The quantitative estimate of drug-likeness (QED) is 0.815. The van der Waals surface area contributed by atoms with Gasteiger partial charge in [-0.05, 0) is 68.1 Å². The Hall–Kier alpha value is -1.89. The number of halogens is 1. The fourth-order valence-corrected chi connectivity index (χ4v) is 4.71. The number of rotatable bonds is 5. The van der Waals surface area contributed by atoms with Gasteiger partial charge in [-0.3, -0.25) is 4.79 Å². The van der Waals surface area contributed by atoms with Gasteiger partial charge in [0.05, 0.1) is 4.90 Å². The van der Waals surface area contributed by atoms with Gasteiger partial charge in [0, 0.05) is 28.9 Å². The molecule has 0 radical (unpaired) electrons. The van der Waals surface area contributed by atoms with E-state index in [0.29, 0.717) is 23.6 Å². The Morgan fingerprint density at radius 1 is 1.26 bits per heavy atom. The van der Waals surface area contributed by atoms with E-state index in [2.05, 4.69) is 4.72 Å². The van der Waals surface area contributed by atoms with Crippen molar-refractivity contribution in [3.05, 3.63) is 58.6 Å². The van der Waals surface area contributed by atoms with E-state index in [-0.39, 0.29) is 16.8 Å². The second kappa shape index (κ2) is 8.00. The van der Waals surface area contributed by atoms with Gasteiger partial charge in [-0.1, -0.05) is 24.6 Å². The average molecular weight is 407 g/mol. The molecule has 1 aliphatic heterocycles. The zero-order chi connectivity index (χ0) is 19.6. The molecule has 0 saturated heterocycles. The second-order valence-corrected chi connectivity index (χ2v) is 8.94. The van der Waals surface area contributed by atoms with Gasteiger partial charge in [-0.15, -0.1) is 0 Å². The molecule has 0 spiro atoms. The molecule has 7 heteroatoms. The number of carbonyl (C=O) groups is 1. The Balaban J connectivity index is 1.92. The number of hydrogen-bond donors (Lipinski definition) is 1. The SMILES string of the molecule is CC[C@@H](C)NS(=O)(=O)c1ccc2c(c1)CCCN2C(=O)c1cccc(Cl)c1. The van der Waals surface area contributed by atoms with E-state index in [4.69, 9.17) is 11.6 Å². The first-order chi connectivity index (χ1) is 12.8. The molecule has 5 nitrogen and oxygen atoms in total. The van der Waals surface area contributed by atoms with Crippen LogP contribution in [0.5, 0.6) is 0 Å². The van der Waals surface area contributed by atoms with Crippen molar-refractivity contribution in [3.8, 4) is 0 Å². The first-order valence-corrected chi connectivity index (χ1v) is 10.9. The van der Waals surface area contributed by atoms with Crippen LogP contribution in [-0.2, 0) is 16.4 Å². The van der Waals surface area contributed by atoms with Crippen molar-refractivity contribution in [1.29, 1.82) is 0 Å². The third-order valence-corrected chi connectivity index (χ3v) is 6.59. The highest BCUT2D eigenvalue weighted by Crippen LogP contribution is 2.31. The van der Waals surface area contributed by atoms with Crippen LogP contribution in [0.1, 0.15) is 42.6 Å². The topological polar surface area (TPSA) is 66.5 Å². The minimum absolute atomic E-state index is 0.132. The summed E-state index contributed by atoms with van der Waals surface area (Å²) in [4.78, 5) is 14.8. The first kappa shape index (κ1) is 19.9. The molecular weight excluding hydrogens is 384 g/mol. The van der Waals surface area contributed by atoms with Gasteiger partial charge >= 0.3 is 0 Å². The Morgan fingerprint density at radius 2 is 2.04 bits per heavy atom. The van der Waals surface area contributed by atoms with Crippen LogP contribution < -0.4 is 9.62 Å². The summed E-state index contributed by atoms with van der Waals surface area (Å²) in [6.07, 6.45) is 2.23. The van der Waals surface area contributed by atoms with E-state index in [1.54, 1.807) is 47.4 Å². The summed E-state index contributed by atoms with van der Waals surface area (Å²) >= 11 is 6.01. The first-order valence-electron chi connectivity index (χ1n) is 9.04. The molecule has 2 aromatic rings. The molecule has 0 aromatic heterocycles. The van der Waals surface area contributed by atoms with E-state index in [9.17, 15) is 13.2 Å². The van der Waals surface area contributed by atoms with E-state index in [1.165, 1.54) is 0 Å². The number of nitrogens with zero attached hydrogens (tertiary/aromatic N) is 1. The lowest BCUT2D eigenvalue weighted by atomic mass is 10.0. The van der Waals surface area contributed by atoms with Gasteiger partial charge in [0.2, 0.25) is 10.0 Å². The maximum Gasteiger partial charge on any atom is 0.258 e. The molecule has 1 amide bonds. The van der Waals surface area contributed by atoms with Crippen molar-refractivity contribution in [2.75, 3.05) is 11.4 Å². The summed E-state index contributed by atoms with van der Waals surface area (Å²) in [5, 5.41) is 0.510. The van der Waals surface area contributed by atoms with Gasteiger partial charge in [0.15, 0.2) is 0 Å². The monoisotopic (exact) mass is 406 g/mol. The Labute approximate surface area is 165 Å². The molecule has 3 rings (SSSR count). The molecule has 1 atom stereocenters. The van der Waals surface area contributed by atoms with Crippen LogP contribution in [0.25, 0.3) is 0 Å². The zero-order valence-electron chi connectivity index (χ0n) is 15.4. The molecule has 27 heavy (non-hydrogen) atoms. The molecule has 1 aliphatic rings. The Morgan fingerprint density at radius 3 is 2.74 bits per heavy atom. The molecule has 0 unspecified atom stereocenters. The van der Waals surface area contributed by atoms with Crippen LogP contribution in [0.15, 0.2) is 47.4 Å². The highest BCUT2D eigenvalue weighted by Gasteiger charge is 2.26. The largest absolute Gasteiger partial charge is 0.308 e. The Bertz CT molecular complexity index is 959. The van der Waals surface area contributed by atoms with Gasteiger partial charge in [-0.2, -0.15) is 0 Å². The van der Waals surface area contributed by atoms with E-state index < -0.39 is 10.0 Å². The molecule has 0 bridgehead atoms. The van der Waals surface area contributed by atoms with Crippen LogP contribution in [-0.4, -0.2) is 26.9 Å². The van der Waals surface area contributed by atoms with Crippen LogP contribution in [0, 0.1) is 0 Å². The van der Waals surface area contributed by atoms with Crippen molar-refractivity contribution in [3.63, 3.8) is 0 Å². The van der Waals surface area contributed by atoms with Crippen molar-refractivity contribution in [2.24, 2.45) is 0 Å².